The van der Waals surface area contributed by atoms with Crippen molar-refractivity contribution >= 4 is 5.96 Å². The molecular weight excluding hydrogens is 306 g/mol. The van der Waals surface area contributed by atoms with E-state index in [0.717, 1.165) is 49.7 Å². The quantitative estimate of drug-likeness (QED) is 0.577. The predicted molar refractivity (Wildman–Crippen MR) is 93.7 cm³/mol. The molecule has 24 heavy (non-hydrogen) atoms. The van der Waals surface area contributed by atoms with E-state index < -0.39 is 0 Å². The summed E-state index contributed by atoms with van der Waals surface area (Å²) in [6, 6.07) is 8.08. The number of hydrogen-bond acceptors (Lipinski definition) is 4. The third-order valence-corrected chi connectivity index (χ3v) is 4.40. The van der Waals surface area contributed by atoms with E-state index in [1.165, 1.54) is 0 Å². The average Bonchev–Trinajstić information content (AvgIpc) is 2.61. The summed E-state index contributed by atoms with van der Waals surface area (Å²) in [5, 5.41) is 16.4. The second-order valence-corrected chi connectivity index (χ2v) is 6.37. The zero-order valence-electron chi connectivity index (χ0n) is 14.2. The summed E-state index contributed by atoms with van der Waals surface area (Å²) in [5.74, 6) is 2.38. The maximum Gasteiger partial charge on any atom is 0.191 e. The van der Waals surface area contributed by atoms with Crippen LogP contribution in [0.3, 0.4) is 0 Å². The lowest BCUT2D eigenvalue weighted by molar-refractivity contribution is 0.0970. The second-order valence-electron chi connectivity index (χ2n) is 6.37. The highest BCUT2D eigenvalue weighted by Gasteiger charge is 2.22. The minimum atomic E-state index is -0.143. The van der Waals surface area contributed by atoms with Gasteiger partial charge in [0.1, 0.15) is 6.61 Å². The van der Waals surface area contributed by atoms with Crippen LogP contribution >= 0.6 is 0 Å². The van der Waals surface area contributed by atoms with Crippen molar-refractivity contribution in [1.82, 2.24) is 10.6 Å². The Hall–Kier alpha value is -1.95. The highest BCUT2D eigenvalue weighted by molar-refractivity contribution is 5.80. The van der Waals surface area contributed by atoms with Crippen molar-refractivity contribution in [2.75, 3.05) is 19.7 Å². The molecule has 0 aromatic heterocycles. The van der Waals surface area contributed by atoms with Crippen LogP contribution in [0, 0.1) is 0 Å². The summed E-state index contributed by atoms with van der Waals surface area (Å²) in [4.78, 5) is 4.65. The topological polar surface area (TPSA) is 75.1 Å². The summed E-state index contributed by atoms with van der Waals surface area (Å²) < 4.78 is 11.7. The van der Waals surface area contributed by atoms with Gasteiger partial charge in [0.05, 0.1) is 12.6 Å². The van der Waals surface area contributed by atoms with Gasteiger partial charge in [0.25, 0.3) is 0 Å². The third kappa shape index (κ3) is 4.54. The molecule has 0 spiro atoms. The van der Waals surface area contributed by atoms with Crippen molar-refractivity contribution in [3.63, 3.8) is 0 Å². The Kier molecular flexibility index (Phi) is 5.80. The fourth-order valence-electron chi connectivity index (χ4n) is 3.08. The van der Waals surface area contributed by atoms with Gasteiger partial charge in [-0.2, -0.15) is 0 Å². The molecule has 1 atom stereocenters. The van der Waals surface area contributed by atoms with E-state index in [1.54, 1.807) is 0 Å². The number of para-hydroxylation sites is 2. The molecule has 6 heteroatoms. The molecule has 6 nitrogen and oxygen atoms in total. The van der Waals surface area contributed by atoms with Crippen LogP contribution in [-0.2, 0) is 0 Å². The van der Waals surface area contributed by atoms with Crippen LogP contribution in [0.15, 0.2) is 29.3 Å². The Bertz CT molecular complexity index is 556. The first-order valence-electron chi connectivity index (χ1n) is 8.86. The molecule has 3 rings (SSSR count). The summed E-state index contributed by atoms with van der Waals surface area (Å²) in [6.45, 7) is 3.92. The molecule has 0 bridgehead atoms. The maximum absolute atomic E-state index is 9.61. The first-order valence-corrected chi connectivity index (χ1v) is 8.86. The Morgan fingerprint density at radius 3 is 2.71 bits per heavy atom. The lowest BCUT2D eigenvalue weighted by Crippen LogP contribution is -2.46. The number of aliphatic hydroxyl groups excluding tert-OH is 1. The van der Waals surface area contributed by atoms with Crippen LogP contribution in [0.2, 0.25) is 0 Å². The van der Waals surface area contributed by atoms with Crippen molar-refractivity contribution in [2.45, 2.75) is 50.9 Å². The van der Waals surface area contributed by atoms with Gasteiger partial charge < -0.3 is 25.2 Å². The summed E-state index contributed by atoms with van der Waals surface area (Å²) in [7, 11) is 0. The number of hydrogen-bond donors (Lipinski definition) is 3. The van der Waals surface area contributed by atoms with Gasteiger partial charge in [-0.15, -0.1) is 0 Å². The van der Waals surface area contributed by atoms with E-state index in [2.05, 4.69) is 22.5 Å². The molecule has 132 valence electrons. The molecule has 0 radical (unpaired) electrons. The van der Waals surface area contributed by atoms with Crippen molar-refractivity contribution in [1.29, 1.82) is 0 Å². The predicted octanol–water partition coefficient (Wildman–Crippen LogP) is 1.68. The summed E-state index contributed by atoms with van der Waals surface area (Å²) in [6.07, 6.45) is 3.43. The second kappa shape index (κ2) is 8.24. The molecular formula is C18H27N3O3. The van der Waals surface area contributed by atoms with E-state index in [4.69, 9.17) is 9.47 Å². The van der Waals surface area contributed by atoms with E-state index in [0.29, 0.717) is 19.2 Å². The molecule has 1 unspecified atom stereocenters. The van der Waals surface area contributed by atoms with Crippen LogP contribution in [0.5, 0.6) is 11.5 Å². The van der Waals surface area contributed by atoms with Gasteiger partial charge in [-0.25, -0.2) is 4.99 Å². The van der Waals surface area contributed by atoms with Crippen molar-refractivity contribution in [3.8, 4) is 11.5 Å². The highest BCUT2D eigenvalue weighted by Crippen LogP contribution is 2.30. The largest absolute Gasteiger partial charge is 0.486 e. The summed E-state index contributed by atoms with van der Waals surface area (Å²) >= 11 is 0. The Morgan fingerprint density at radius 2 is 1.96 bits per heavy atom. The fourth-order valence-corrected chi connectivity index (χ4v) is 3.08. The highest BCUT2D eigenvalue weighted by atomic mass is 16.6. The lowest BCUT2D eigenvalue weighted by Gasteiger charge is -2.28. The SMILES string of the molecule is CCNC(=NCC1COc2ccccc2O1)NC1CCC(O)CC1. The smallest absolute Gasteiger partial charge is 0.191 e. The number of aliphatic imine (C=N–C) groups is 1. The minimum Gasteiger partial charge on any atom is -0.486 e. The molecule has 3 N–H and O–H groups in total. The van der Waals surface area contributed by atoms with Gasteiger partial charge in [-0.1, -0.05) is 12.1 Å². The number of aliphatic hydroxyl groups is 1. The number of guanidine groups is 1. The van der Waals surface area contributed by atoms with Crippen LogP contribution in [0.4, 0.5) is 0 Å². The lowest BCUT2D eigenvalue weighted by atomic mass is 9.93. The van der Waals surface area contributed by atoms with Gasteiger partial charge in [0.2, 0.25) is 0 Å². The van der Waals surface area contributed by atoms with E-state index in [-0.39, 0.29) is 12.2 Å². The third-order valence-electron chi connectivity index (χ3n) is 4.40. The fraction of sp³-hybridized carbons (Fsp3) is 0.611. The molecule has 1 aromatic carbocycles. The van der Waals surface area contributed by atoms with Gasteiger partial charge >= 0.3 is 0 Å². The maximum atomic E-state index is 9.61. The summed E-state index contributed by atoms with van der Waals surface area (Å²) in [5.41, 5.74) is 0. The number of ether oxygens (including phenoxy) is 2. The molecule has 1 fully saturated rings. The van der Waals surface area contributed by atoms with Gasteiger partial charge in [0, 0.05) is 12.6 Å². The Labute approximate surface area is 143 Å². The first kappa shape index (κ1) is 16.9. The molecule has 1 aliphatic carbocycles. The zero-order valence-corrected chi connectivity index (χ0v) is 14.2. The molecule has 1 aliphatic heterocycles. The normalized spacial score (nSPS) is 26.8. The average molecular weight is 333 g/mol. The number of nitrogens with one attached hydrogen (secondary N) is 2. The molecule has 1 saturated carbocycles. The van der Waals surface area contributed by atoms with Crippen LogP contribution in [0.1, 0.15) is 32.6 Å². The van der Waals surface area contributed by atoms with Crippen molar-refractivity contribution in [2.24, 2.45) is 4.99 Å². The molecule has 2 aliphatic rings. The minimum absolute atomic E-state index is 0.0801. The Balaban J connectivity index is 1.54. The van der Waals surface area contributed by atoms with E-state index in [9.17, 15) is 5.11 Å². The molecule has 1 heterocycles. The van der Waals surface area contributed by atoms with Crippen molar-refractivity contribution < 1.29 is 14.6 Å². The Morgan fingerprint density at radius 1 is 1.21 bits per heavy atom. The van der Waals surface area contributed by atoms with Crippen LogP contribution in [-0.4, -0.2) is 49.0 Å². The van der Waals surface area contributed by atoms with Crippen LogP contribution < -0.4 is 20.1 Å². The van der Waals surface area contributed by atoms with E-state index >= 15 is 0 Å². The number of fused-ring (bicyclic) bond motifs is 1. The number of nitrogens with zero attached hydrogens (tertiary/aromatic N) is 1. The first-order chi connectivity index (χ1) is 11.7. The number of benzene rings is 1. The monoisotopic (exact) mass is 333 g/mol. The van der Waals surface area contributed by atoms with E-state index in [1.807, 2.05) is 24.3 Å². The standard InChI is InChI=1S/C18H27N3O3/c1-2-19-18(21-13-7-9-14(22)10-8-13)20-11-15-12-23-16-5-3-4-6-17(16)24-15/h3-6,13-15,22H,2,7-12H2,1H3,(H2,19,20,21). The molecule has 1 aromatic rings. The van der Waals surface area contributed by atoms with Gasteiger partial charge in [0.15, 0.2) is 23.6 Å². The zero-order chi connectivity index (χ0) is 16.8. The van der Waals surface area contributed by atoms with Crippen molar-refractivity contribution in [3.05, 3.63) is 24.3 Å². The van der Waals surface area contributed by atoms with Crippen LogP contribution in [0.25, 0.3) is 0 Å². The van der Waals surface area contributed by atoms with Gasteiger partial charge in [-0.3, -0.25) is 0 Å². The number of rotatable bonds is 4. The molecule has 0 saturated heterocycles. The molecule has 0 amide bonds. The van der Waals surface area contributed by atoms with Gasteiger partial charge in [-0.05, 0) is 44.7 Å².